The summed E-state index contributed by atoms with van der Waals surface area (Å²) in [7, 11) is 1.95. The number of aromatic nitrogens is 2. The van der Waals surface area contributed by atoms with Gasteiger partial charge in [-0.1, -0.05) is 18.2 Å². The number of para-hydroxylation sites is 1. The lowest BCUT2D eigenvalue weighted by Gasteiger charge is -2.06. The minimum Gasteiger partial charge on any atom is -0.487 e. The molecule has 1 aromatic carbocycles. The maximum absolute atomic E-state index is 5.66. The molecule has 3 nitrogen and oxygen atoms in total. The molecule has 1 heterocycles. The summed E-state index contributed by atoms with van der Waals surface area (Å²) >= 11 is 0. The molecule has 0 atom stereocenters. The van der Waals surface area contributed by atoms with E-state index in [4.69, 9.17) is 4.74 Å². The fourth-order valence-corrected chi connectivity index (χ4v) is 1.41. The molecule has 0 unspecified atom stereocenters. The molecule has 1 aromatic heterocycles. The van der Waals surface area contributed by atoms with Crippen molar-refractivity contribution < 1.29 is 4.74 Å². The van der Waals surface area contributed by atoms with Gasteiger partial charge in [0, 0.05) is 13.2 Å². The van der Waals surface area contributed by atoms with Crippen LogP contribution in [0, 0.1) is 6.92 Å². The predicted octanol–water partition coefficient (Wildman–Crippen LogP) is 2.31. The van der Waals surface area contributed by atoms with E-state index in [1.54, 1.807) is 6.33 Å². The molecule has 0 spiro atoms. The lowest BCUT2D eigenvalue weighted by atomic mass is 10.2. The Morgan fingerprint density at radius 1 is 1.33 bits per heavy atom. The highest BCUT2D eigenvalue weighted by molar-refractivity contribution is 5.31. The number of hydrogen-bond donors (Lipinski definition) is 0. The van der Waals surface area contributed by atoms with Crippen LogP contribution in [-0.4, -0.2) is 9.55 Å². The van der Waals surface area contributed by atoms with Gasteiger partial charge in [0.1, 0.15) is 12.4 Å². The fraction of sp³-hybridized carbons (Fsp3) is 0.250. The fourth-order valence-electron chi connectivity index (χ4n) is 1.41. The summed E-state index contributed by atoms with van der Waals surface area (Å²) in [6.45, 7) is 2.56. The molecule has 2 aromatic rings. The average molecular weight is 202 g/mol. The third-order valence-corrected chi connectivity index (χ3v) is 2.23. The van der Waals surface area contributed by atoms with Crippen LogP contribution in [0.2, 0.25) is 0 Å². The number of aryl methyl sites for hydroxylation is 2. The molecule has 0 radical (unpaired) electrons. The van der Waals surface area contributed by atoms with Crippen LogP contribution in [0.1, 0.15) is 11.3 Å². The van der Waals surface area contributed by atoms with Crippen LogP contribution in [0.15, 0.2) is 36.8 Å². The van der Waals surface area contributed by atoms with E-state index in [1.165, 1.54) is 0 Å². The van der Waals surface area contributed by atoms with E-state index >= 15 is 0 Å². The first kappa shape index (κ1) is 9.77. The van der Waals surface area contributed by atoms with Crippen molar-refractivity contribution >= 4 is 0 Å². The zero-order valence-electron chi connectivity index (χ0n) is 8.97. The van der Waals surface area contributed by atoms with Gasteiger partial charge in [-0.25, -0.2) is 4.98 Å². The van der Waals surface area contributed by atoms with Crippen LogP contribution in [0.4, 0.5) is 0 Å². The second-order valence-electron chi connectivity index (χ2n) is 3.58. The Kier molecular flexibility index (Phi) is 2.72. The first-order valence-corrected chi connectivity index (χ1v) is 4.91. The number of ether oxygens (including phenoxy) is 1. The Morgan fingerprint density at radius 2 is 2.13 bits per heavy atom. The molecule has 0 saturated carbocycles. The van der Waals surface area contributed by atoms with Gasteiger partial charge in [-0.2, -0.15) is 0 Å². The van der Waals surface area contributed by atoms with Crippen LogP contribution in [0.5, 0.6) is 5.75 Å². The van der Waals surface area contributed by atoms with Crippen molar-refractivity contribution in [1.82, 2.24) is 9.55 Å². The number of nitrogens with zero attached hydrogens (tertiary/aromatic N) is 2. The summed E-state index contributed by atoms with van der Waals surface area (Å²) < 4.78 is 7.57. The first-order chi connectivity index (χ1) is 7.25. The van der Waals surface area contributed by atoms with E-state index in [-0.39, 0.29) is 0 Å². The minimum absolute atomic E-state index is 0.520. The Bertz CT molecular complexity index is 448. The second-order valence-corrected chi connectivity index (χ2v) is 3.58. The quantitative estimate of drug-likeness (QED) is 0.763. The molecule has 0 aliphatic carbocycles. The Morgan fingerprint density at radius 3 is 2.80 bits per heavy atom. The van der Waals surface area contributed by atoms with Crippen LogP contribution in [0.25, 0.3) is 0 Å². The smallest absolute Gasteiger partial charge is 0.132 e. The van der Waals surface area contributed by atoms with Gasteiger partial charge in [-0.3, -0.25) is 0 Å². The number of imidazole rings is 1. The van der Waals surface area contributed by atoms with Crippen molar-refractivity contribution in [2.75, 3.05) is 0 Å². The van der Waals surface area contributed by atoms with Crippen LogP contribution in [0.3, 0.4) is 0 Å². The molecule has 0 N–H and O–H groups in total. The number of rotatable bonds is 3. The molecule has 0 bridgehead atoms. The highest BCUT2D eigenvalue weighted by Gasteiger charge is 2.00. The van der Waals surface area contributed by atoms with Crippen molar-refractivity contribution in [3.8, 4) is 5.75 Å². The van der Waals surface area contributed by atoms with E-state index in [0.29, 0.717) is 6.61 Å². The first-order valence-electron chi connectivity index (χ1n) is 4.91. The summed E-state index contributed by atoms with van der Waals surface area (Å²) in [4.78, 5) is 4.20. The third kappa shape index (κ3) is 2.37. The molecule has 15 heavy (non-hydrogen) atoms. The topological polar surface area (TPSA) is 27.1 Å². The van der Waals surface area contributed by atoms with Crippen molar-refractivity contribution in [2.45, 2.75) is 13.5 Å². The Hall–Kier alpha value is -1.77. The molecular formula is C12H14N2O. The van der Waals surface area contributed by atoms with E-state index in [1.807, 2.05) is 49.0 Å². The van der Waals surface area contributed by atoms with Gasteiger partial charge in [0.2, 0.25) is 0 Å². The number of benzene rings is 1. The second kappa shape index (κ2) is 4.17. The lowest BCUT2D eigenvalue weighted by molar-refractivity contribution is 0.300. The van der Waals surface area contributed by atoms with Crippen LogP contribution in [-0.2, 0) is 13.7 Å². The monoisotopic (exact) mass is 202 g/mol. The van der Waals surface area contributed by atoms with Crippen LogP contribution < -0.4 is 4.74 Å². The molecule has 0 aliphatic heterocycles. The highest BCUT2D eigenvalue weighted by atomic mass is 16.5. The third-order valence-electron chi connectivity index (χ3n) is 2.23. The van der Waals surface area contributed by atoms with Crippen molar-refractivity contribution in [3.63, 3.8) is 0 Å². The molecule has 0 fully saturated rings. The van der Waals surface area contributed by atoms with Crippen molar-refractivity contribution in [3.05, 3.63) is 48.0 Å². The average Bonchev–Trinajstić information content (AvgIpc) is 2.63. The molecular weight excluding hydrogens is 188 g/mol. The maximum atomic E-state index is 5.66. The van der Waals surface area contributed by atoms with Gasteiger partial charge >= 0.3 is 0 Å². The minimum atomic E-state index is 0.520. The van der Waals surface area contributed by atoms with E-state index in [2.05, 4.69) is 4.98 Å². The van der Waals surface area contributed by atoms with Crippen molar-refractivity contribution in [1.29, 1.82) is 0 Å². The normalized spacial score (nSPS) is 10.3. The van der Waals surface area contributed by atoms with E-state index in [9.17, 15) is 0 Å². The molecule has 78 valence electrons. The Labute approximate surface area is 89.3 Å². The zero-order chi connectivity index (χ0) is 10.7. The highest BCUT2D eigenvalue weighted by Crippen LogP contribution is 2.17. The predicted molar refractivity (Wildman–Crippen MR) is 58.7 cm³/mol. The summed E-state index contributed by atoms with van der Waals surface area (Å²) in [6, 6.07) is 7.98. The van der Waals surface area contributed by atoms with Gasteiger partial charge in [-0.15, -0.1) is 0 Å². The van der Waals surface area contributed by atoms with Crippen LogP contribution >= 0.6 is 0 Å². The van der Waals surface area contributed by atoms with E-state index < -0.39 is 0 Å². The summed E-state index contributed by atoms with van der Waals surface area (Å²) in [5.74, 6) is 0.920. The SMILES string of the molecule is Cc1ccccc1OCc1cn(C)cn1. The van der Waals surface area contributed by atoms with Crippen molar-refractivity contribution in [2.24, 2.45) is 7.05 Å². The van der Waals surface area contributed by atoms with Gasteiger partial charge in [0.05, 0.1) is 12.0 Å². The van der Waals surface area contributed by atoms with E-state index in [0.717, 1.165) is 17.0 Å². The molecule has 0 saturated heterocycles. The van der Waals surface area contributed by atoms with Gasteiger partial charge in [-0.05, 0) is 18.6 Å². The number of hydrogen-bond acceptors (Lipinski definition) is 2. The summed E-state index contributed by atoms with van der Waals surface area (Å²) in [6.07, 6.45) is 3.73. The summed E-state index contributed by atoms with van der Waals surface area (Å²) in [5.41, 5.74) is 2.09. The molecule has 0 aliphatic rings. The largest absolute Gasteiger partial charge is 0.487 e. The molecule has 2 rings (SSSR count). The maximum Gasteiger partial charge on any atom is 0.132 e. The van der Waals surface area contributed by atoms with Gasteiger partial charge in [0.25, 0.3) is 0 Å². The Balaban J connectivity index is 2.02. The van der Waals surface area contributed by atoms with Gasteiger partial charge in [0.15, 0.2) is 0 Å². The van der Waals surface area contributed by atoms with Gasteiger partial charge < -0.3 is 9.30 Å². The lowest BCUT2D eigenvalue weighted by Crippen LogP contribution is -1.96. The molecule has 0 amide bonds. The summed E-state index contributed by atoms with van der Waals surface area (Å²) in [5, 5.41) is 0. The standard InChI is InChI=1S/C12H14N2O/c1-10-5-3-4-6-12(10)15-8-11-7-14(2)9-13-11/h3-7,9H,8H2,1-2H3. The zero-order valence-corrected chi connectivity index (χ0v) is 8.97. The molecule has 3 heteroatoms.